The van der Waals surface area contributed by atoms with E-state index in [1.165, 1.54) is 12.1 Å². The van der Waals surface area contributed by atoms with Crippen LogP contribution in [0, 0.1) is 19.7 Å². The Bertz CT molecular complexity index is 736. The van der Waals surface area contributed by atoms with Crippen LogP contribution in [0.5, 0.6) is 0 Å². The number of amides is 1. The van der Waals surface area contributed by atoms with Crippen molar-refractivity contribution >= 4 is 17.6 Å². The predicted octanol–water partition coefficient (Wildman–Crippen LogP) is 3.95. The third kappa shape index (κ3) is 5.41. The van der Waals surface area contributed by atoms with E-state index in [2.05, 4.69) is 5.32 Å². The lowest BCUT2D eigenvalue weighted by molar-refractivity contribution is -0.153. The van der Waals surface area contributed by atoms with Gasteiger partial charge in [-0.25, -0.2) is 4.39 Å². The lowest BCUT2D eigenvalue weighted by Gasteiger charge is -2.16. The number of hydrogen-bond acceptors (Lipinski definition) is 3. The van der Waals surface area contributed by atoms with E-state index in [1.54, 1.807) is 19.1 Å². The SMILES string of the molecule is Cc1cccc(C)c1NC(=O)[C@H](C)OC(=O)CCc1ccc(F)cc1. The number of carbonyl (C=O) groups is 2. The molecule has 0 unspecified atom stereocenters. The Hall–Kier alpha value is -2.69. The Balaban J connectivity index is 1.85. The van der Waals surface area contributed by atoms with Crippen LogP contribution in [-0.2, 0) is 20.7 Å². The second-order valence-corrected chi connectivity index (χ2v) is 6.01. The van der Waals surface area contributed by atoms with Crippen molar-refractivity contribution in [3.8, 4) is 0 Å². The highest BCUT2D eigenvalue weighted by Crippen LogP contribution is 2.19. The molecule has 25 heavy (non-hydrogen) atoms. The second kappa shape index (κ2) is 8.42. The van der Waals surface area contributed by atoms with E-state index in [0.717, 1.165) is 22.4 Å². The molecule has 132 valence electrons. The van der Waals surface area contributed by atoms with E-state index >= 15 is 0 Å². The van der Waals surface area contributed by atoms with Crippen LogP contribution >= 0.6 is 0 Å². The average Bonchev–Trinajstić information content (AvgIpc) is 2.57. The van der Waals surface area contributed by atoms with Gasteiger partial charge in [0.25, 0.3) is 5.91 Å². The van der Waals surface area contributed by atoms with Crippen molar-refractivity contribution in [1.82, 2.24) is 0 Å². The maximum absolute atomic E-state index is 12.8. The number of carbonyl (C=O) groups excluding carboxylic acids is 2. The van der Waals surface area contributed by atoms with E-state index in [0.29, 0.717) is 6.42 Å². The molecule has 2 aromatic rings. The molecule has 1 N–H and O–H groups in total. The molecule has 0 bridgehead atoms. The molecule has 0 aliphatic heterocycles. The van der Waals surface area contributed by atoms with Crippen LogP contribution in [0.1, 0.15) is 30.0 Å². The zero-order valence-electron chi connectivity index (χ0n) is 14.6. The summed E-state index contributed by atoms with van der Waals surface area (Å²) in [6.45, 7) is 5.35. The van der Waals surface area contributed by atoms with Gasteiger partial charge in [-0.3, -0.25) is 9.59 Å². The number of anilines is 1. The predicted molar refractivity (Wildman–Crippen MR) is 94.8 cm³/mol. The van der Waals surface area contributed by atoms with E-state index in [1.807, 2.05) is 32.0 Å². The summed E-state index contributed by atoms with van der Waals surface area (Å²) in [5, 5.41) is 2.81. The molecule has 5 heteroatoms. The number of esters is 1. The molecule has 0 aliphatic carbocycles. The number of halogens is 1. The second-order valence-electron chi connectivity index (χ2n) is 6.01. The molecule has 1 atom stereocenters. The first-order chi connectivity index (χ1) is 11.9. The van der Waals surface area contributed by atoms with Gasteiger partial charge in [0.1, 0.15) is 5.82 Å². The van der Waals surface area contributed by atoms with Crippen molar-refractivity contribution < 1.29 is 18.7 Å². The number of hydrogen-bond donors (Lipinski definition) is 1. The molecular weight excluding hydrogens is 321 g/mol. The van der Waals surface area contributed by atoms with E-state index < -0.39 is 12.1 Å². The van der Waals surface area contributed by atoms with Gasteiger partial charge in [0.2, 0.25) is 0 Å². The largest absolute Gasteiger partial charge is 0.453 e. The molecule has 0 heterocycles. The summed E-state index contributed by atoms with van der Waals surface area (Å²) in [7, 11) is 0. The molecule has 2 aromatic carbocycles. The van der Waals surface area contributed by atoms with Crippen molar-refractivity contribution in [1.29, 1.82) is 0 Å². The summed E-state index contributed by atoms with van der Waals surface area (Å²) in [5.41, 5.74) is 3.47. The zero-order chi connectivity index (χ0) is 18.4. The first-order valence-electron chi connectivity index (χ1n) is 8.18. The van der Waals surface area contributed by atoms with Crippen molar-refractivity contribution in [2.45, 2.75) is 39.7 Å². The first-order valence-corrected chi connectivity index (χ1v) is 8.18. The fourth-order valence-corrected chi connectivity index (χ4v) is 2.44. The Kier molecular flexibility index (Phi) is 6.28. The number of para-hydroxylation sites is 1. The Morgan fingerprint density at radius 1 is 1.08 bits per heavy atom. The maximum Gasteiger partial charge on any atom is 0.306 e. The fraction of sp³-hybridized carbons (Fsp3) is 0.300. The van der Waals surface area contributed by atoms with Gasteiger partial charge in [0.15, 0.2) is 6.10 Å². The summed E-state index contributed by atoms with van der Waals surface area (Å²) in [6.07, 6.45) is -0.323. The quantitative estimate of drug-likeness (QED) is 0.808. The monoisotopic (exact) mass is 343 g/mol. The van der Waals surface area contributed by atoms with Crippen LogP contribution < -0.4 is 5.32 Å². The van der Waals surface area contributed by atoms with Crippen molar-refractivity contribution in [2.24, 2.45) is 0 Å². The topological polar surface area (TPSA) is 55.4 Å². The lowest BCUT2D eigenvalue weighted by atomic mass is 10.1. The molecule has 0 aliphatic rings. The number of nitrogens with one attached hydrogen (secondary N) is 1. The van der Waals surface area contributed by atoms with Gasteiger partial charge in [-0.05, 0) is 56.0 Å². The maximum atomic E-state index is 12.8. The highest BCUT2D eigenvalue weighted by atomic mass is 19.1. The summed E-state index contributed by atoms with van der Waals surface area (Å²) < 4.78 is 18.0. The number of ether oxygens (including phenoxy) is 1. The number of benzene rings is 2. The number of rotatable bonds is 6. The van der Waals surface area contributed by atoms with Crippen molar-refractivity contribution in [2.75, 3.05) is 5.32 Å². The standard InChI is InChI=1S/C20H22FNO3/c1-13-5-4-6-14(2)19(13)22-20(24)15(3)25-18(23)12-9-16-7-10-17(21)11-8-16/h4-8,10-11,15H,9,12H2,1-3H3,(H,22,24)/t15-/m0/s1. The molecule has 0 saturated carbocycles. The molecule has 0 saturated heterocycles. The third-order valence-electron chi connectivity index (χ3n) is 3.94. The van der Waals surface area contributed by atoms with Gasteiger partial charge in [0, 0.05) is 12.1 Å². The van der Waals surface area contributed by atoms with Crippen molar-refractivity contribution in [3.63, 3.8) is 0 Å². The smallest absolute Gasteiger partial charge is 0.306 e. The van der Waals surface area contributed by atoms with Gasteiger partial charge >= 0.3 is 5.97 Å². The summed E-state index contributed by atoms with van der Waals surface area (Å²) in [5.74, 6) is -1.15. The summed E-state index contributed by atoms with van der Waals surface area (Å²) in [6, 6.07) is 11.7. The van der Waals surface area contributed by atoms with Gasteiger partial charge in [-0.1, -0.05) is 30.3 Å². The Morgan fingerprint density at radius 3 is 2.28 bits per heavy atom. The number of aryl methyl sites for hydroxylation is 3. The average molecular weight is 343 g/mol. The summed E-state index contributed by atoms with van der Waals surface area (Å²) in [4.78, 5) is 24.1. The molecule has 0 fully saturated rings. The highest BCUT2D eigenvalue weighted by Gasteiger charge is 2.19. The molecule has 0 radical (unpaired) electrons. The minimum absolute atomic E-state index is 0.132. The van der Waals surface area contributed by atoms with E-state index in [4.69, 9.17) is 4.74 Å². The lowest BCUT2D eigenvalue weighted by Crippen LogP contribution is -2.30. The van der Waals surface area contributed by atoms with Gasteiger partial charge < -0.3 is 10.1 Å². The first kappa shape index (κ1) is 18.6. The van der Waals surface area contributed by atoms with Crippen LogP contribution in [0.15, 0.2) is 42.5 Å². The normalized spacial score (nSPS) is 11.7. The molecular formula is C20H22FNO3. The minimum atomic E-state index is -0.889. The molecule has 0 aromatic heterocycles. The third-order valence-corrected chi connectivity index (χ3v) is 3.94. The Labute approximate surface area is 147 Å². The molecule has 0 spiro atoms. The van der Waals surface area contributed by atoms with E-state index in [9.17, 15) is 14.0 Å². The molecule has 2 rings (SSSR count). The minimum Gasteiger partial charge on any atom is -0.453 e. The van der Waals surface area contributed by atoms with Crippen LogP contribution in [0.25, 0.3) is 0 Å². The zero-order valence-corrected chi connectivity index (χ0v) is 14.6. The fourth-order valence-electron chi connectivity index (χ4n) is 2.44. The van der Waals surface area contributed by atoms with Gasteiger partial charge in [-0.2, -0.15) is 0 Å². The van der Waals surface area contributed by atoms with Crippen molar-refractivity contribution in [3.05, 3.63) is 65.0 Å². The van der Waals surface area contributed by atoms with Gasteiger partial charge in [-0.15, -0.1) is 0 Å². The van der Waals surface area contributed by atoms with Gasteiger partial charge in [0.05, 0.1) is 0 Å². The molecule has 1 amide bonds. The van der Waals surface area contributed by atoms with Crippen LogP contribution in [0.4, 0.5) is 10.1 Å². The van der Waals surface area contributed by atoms with Crippen LogP contribution in [-0.4, -0.2) is 18.0 Å². The highest BCUT2D eigenvalue weighted by molar-refractivity contribution is 5.96. The van der Waals surface area contributed by atoms with Crippen LogP contribution in [0.3, 0.4) is 0 Å². The van der Waals surface area contributed by atoms with Crippen LogP contribution in [0.2, 0.25) is 0 Å². The summed E-state index contributed by atoms with van der Waals surface area (Å²) >= 11 is 0. The molecule has 4 nitrogen and oxygen atoms in total. The van der Waals surface area contributed by atoms with E-state index in [-0.39, 0.29) is 18.1 Å². The Morgan fingerprint density at radius 2 is 1.68 bits per heavy atom.